The number of nitrogens with one attached hydrogen (secondary N) is 1. The van der Waals surface area contributed by atoms with Crippen LogP contribution in [0.1, 0.15) is 12.8 Å². The van der Waals surface area contributed by atoms with Crippen molar-refractivity contribution in [2.75, 3.05) is 40.5 Å². The highest BCUT2D eigenvalue weighted by atomic mass is 16.5. The van der Waals surface area contributed by atoms with Crippen LogP contribution < -0.4 is 5.32 Å². The number of likely N-dealkylation sites (tertiary alicyclic amines) is 1. The normalized spacial score (nSPS) is 23.3. The van der Waals surface area contributed by atoms with Gasteiger partial charge in [0.15, 0.2) is 0 Å². The van der Waals surface area contributed by atoms with E-state index in [4.69, 9.17) is 4.74 Å². The van der Waals surface area contributed by atoms with Gasteiger partial charge in [0, 0.05) is 33.2 Å². The van der Waals surface area contributed by atoms with Gasteiger partial charge >= 0.3 is 5.97 Å². The van der Waals surface area contributed by atoms with E-state index < -0.39 is 18.1 Å². The molecule has 2 atom stereocenters. The number of nitrogens with zero attached hydrogens (tertiary/aromatic N) is 1. The molecule has 0 radical (unpaired) electrons. The number of ether oxygens (including phenoxy) is 2. The molecular formula is C12H22N2O5. The Hall–Kier alpha value is -1.18. The van der Waals surface area contributed by atoms with E-state index in [1.165, 1.54) is 7.11 Å². The molecule has 1 amide bonds. The maximum atomic E-state index is 11.7. The highest BCUT2D eigenvalue weighted by molar-refractivity contribution is 5.80. The van der Waals surface area contributed by atoms with Crippen LogP contribution in [0.15, 0.2) is 0 Å². The van der Waals surface area contributed by atoms with Crippen LogP contribution in [-0.4, -0.2) is 74.5 Å². The van der Waals surface area contributed by atoms with Crippen molar-refractivity contribution in [2.45, 2.75) is 25.0 Å². The molecule has 0 aromatic rings. The summed E-state index contributed by atoms with van der Waals surface area (Å²) in [7, 11) is 2.91. The lowest BCUT2D eigenvalue weighted by Crippen LogP contribution is -2.43. The minimum atomic E-state index is -0.592. The number of aliphatic hydroxyl groups excluding tert-OH is 1. The number of methoxy groups -OCH3 is 2. The van der Waals surface area contributed by atoms with Crippen molar-refractivity contribution >= 4 is 11.9 Å². The Morgan fingerprint density at radius 1 is 1.42 bits per heavy atom. The van der Waals surface area contributed by atoms with Crippen molar-refractivity contribution in [1.82, 2.24) is 10.2 Å². The second kappa shape index (κ2) is 8.08. The molecule has 1 saturated heterocycles. The Labute approximate surface area is 112 Å². The number of carbonyl (C=O) groups is 2. The van der Waals surface area contributed by atoms with E-state index in [1.54, 1.807) is 12.0 Å². The molecule has 1 fully saturated rings. The van der Waals surface area contributed by atoms with Crippen LogP contribution in [0.3, 0.4) is 0 Å². The molecule has 1 aliphatic rings. The summed E-state index contributed by atoms with van der Waals surface area (Å²) in [6.45, 7) is 1.52. The molecule has 0 saturated carbocycles. The molecule has 7 nitrogen and oxygen atoms in total. The van der Waals surface area contributed by atoms with Crippen molar-refractivity contribution < 1.29 is 24.2 Å². The van der Waals surface area contributed by atoms with Crippen LogP contribution in [0.4, 0.5) is 0 Å². The van der Waals surface area contributed by atoms with Gasteiger partial charge in [-0.2, -0.15) is 0 Å². The number of β-amino-alcohol motifs (C(OH)–C–C–N with tert-alkyl or cyclic N) is 1. The number of esters is 1. The summed E-state index contributed by atoms with van der Waals surface area (Å²) in [5, 5.41) is 12.3. The minimum Gasteiger partial charge on any atom is -0.468 e. The van der Waals surface area contributed by atoms with Gasteiger partial charge in [-0.3, -0.25) is 14.5 Å². The number of hydrogen-bond donors (Lipinski definition) is 2. The van der Waals surface area contributed by atoms with Crippen molar-refractivity contribution in [1.29, 1.82) is 0 Å². The molecule has 0 aromatic heterocycles. The third kappa shape index (κ3) is 5.14. The standard InChI is InChI=1S/C12H22N2O5/c1-18-5-3-4-13-11(16)8-14-7-9(15)6-10(14)12(17)19-2/h9-10,15H,3-8H2,1-2H3,(H,13,16). The Kier molecular flexibility index (Phi) is 6.75. The average molecular weight is 274 g/mol. The Morgan fingerprint density at radius 3 is 2.79 bits per heavy atom. The van der Waals surface area contributed by atoms with Crippen molar-refractivity contribution in [3.05, 3.63) is 0 Å². The molecule has 1 rings (SSSR count). The molecule has 1 aliphatic heterocycles. The van der Waals surface area contributed by atoms with Gasteiger partial charge in [-0.25, -0.2) is 0 Å². The van der Waals surface area contributed by atoms with Gasteiger partial charge in [0.2, 0.25) is 5.91 Å². The molecule has 0 bridgehead atoms. The first-order valence-electron chi connectivity index (χ1n) is 6.34. The SMILES string of the molecule is COCCCNC(=O)CN1CC(O)CC1C(=O)OC. The Morgan fingerprint density at radius 2 is 2.16 bits per heavy atom. The lowest BCUT2D eigenvalue weighted by Gasteiger charge is -2.21. The van der Waals surface area contributed by atoms with Crippen molar-refractivity contribution in [2.24, 2.45) is 0 Å². The molecule has 0 aliphatic carbocycles. The van der Waals surface area contributed by atoms with Gasteiger partial charge in [-0.15, -0.1) is 0 Å². The highest BCUT2D eigenvalue weighted by Gasteiger charge is 2.37. The molecule has 7 heteroatoms. The van der Waals surface area contributed by atoms with E-state index in [0.717, 1.165) is 6.42 Å². The summed E-state index contributed by atoms with van der Waals surface area (Å²) < 4.78 is 9.55. The third-order valence-corrected chi connectivity index (χ3v) is 3.05. The predicted octanol–water partition coefficient (Wildman–Crippen LogP) is -1.25. The maximum Gasteiger partial charge on any atom is 0.323 e. The first kappa shape index (κ1) is 15.9. The van der Waals surface area contributed by atoms with Crippen molar-refractivity contribution in [3.8, 4) is 0 Å². The lowest BCUT2D eigenvalue weighted by molar-refractivity contribution is -0.146. The molecule has 110 valence electrons. The summed E-state index contributed by atoms with van der Waals surface area (Å²) in [4.78, 5) is 24.9. The first-order valence-corrected chi connectivity index (χ1v) is 6.34. The van der Waals surface area contributed by atoms with Crippen LogP contribution in [-0.2, 0) is 19.1 Å². The summed E-state index contributed by atoms with van der Waals surface area (Å²) >= 11 is 0. The summed E-state index contributed by atoms with van der Waals surface area (Å²) in [6, 6.07) is -0.537. The van der Waals surface area contributed by atoms with E-state index in [9.17, 15) is 14.7 Å². The lowest BCUT2D eigenvalue weighted by atomic mass is 10.2. The summed E-state index contributed by atoms with van der Waals surface area (Å²) in [5.41, 5.74) is 0. The Bertz CT molecular complexity index is 310. The zero-order valence-electron chi connectivity index (χ0n) is 11.4. The number of aliphatic hydroxyl groups is 1. The second-order valence-electron chi connectivity index (χ2n) is 4.55. The average Bonchev–Trinajstić information content (AvgIpc) is 2.74. The van der Waals surface area contributed by atoms with Crippen LogP contribution in [0.2, 0.25) is 0 Å². The predicted molar refractivity (Wildman–Crippen MR) is 67.5 cm³/mol. The van der Waals surface area contributed by atoms with E-state index in [1.807, 2.05) is 0 Å². The van der Waals surface area contributed by atoms with Crippen LogP contribution in [0.25, 0.3) is 0 Å². The molecule has 2 N–H and O–H groups in total. The fourth-order valence-corrected chi connectivity index (χ4v) is 2.12. The van der Waals surface area contributed by atoms with Gasteiger partial charge in [0.25, 0.3) is 0 Å². The second-order valence-corrected chi connectivity index (χ2v) is 4.55. The van der Waals surface area contributed by atoms with Gasteiger partial charge in [-0.05, 0) is 6.42 Å². The zero-order chi connectivity index (χ0) is 14.3. The van der Waals surface area contributed by atoms with Crippen LogP contribution in [0.5, 0.6) is 0 Å². The van der Waals surface area contributed by atoms with Crippen molar-refractivity contribution in [3.63, 3.8) is 0 Å². The quantitative estimate of drug-likeness (QED) is 0.445. The number of carbonyl (C=O) groups excluding carboxylic acids is 2. The van der Waals surface area contributed by atoms with Crippen LogP contribution >= 0.6 is 0 Å². The van der Waals surface area contributed by atoms with E-state index in [-0.39, 0.29) is 12.5 Å². The molecule has 19 heavy (non-hydrogen) atoms. The number of hydrogen-bond acceptors (Lipinski definition) is 6. The third-order valence-electron chi connectivity index (χ3n) is 3.05. The van der Waals surface area contributed by atoms with Crippen LogP contribution in [0, 0.1) is 0 Å². The summed E-state index contributed by atoms with van der Waals surface area (Å²) in [6.07, 6.45) is 0.458. The van der Waals surface area contributed by atoms with E-state index in [0.29, 0.717) is 26.1 Å². The topological polar surface area (TPSA) is 88.1 Å². The number of amides is 1. The number of rotatable bonds is 7. The summed E-state index contributed by atoms with van der Waals surface area (Å²) in [5.74, 6) is -0.581. The van der Waals surface area contributed by atoms with Gasteiger partial charge in [0.05, 0.1) is 19.8 Å². The maximum absolute atomic E-state index is 11.7. The zero-order valence-corrected chi connectivity index (χ0v) is 11.4. The smallest absolute Gasteiger partial charge is 0.323 e. The van der Waals surface area contributed by atoms with Gasteiger partial charge in [-0.1, -0.05) is 0 Å². The Balaban J connectivity index is 2.37. The molecule has 1 heterocycles. The molecule has 2 unspecified atom stereocenters. The molecule has 0 spiro atoms. The van der Waals surface area contributed by atoms with E-state index in [2.05, 4.69) is 10.1 Å². The van der Waals surface area contributed by atoms with E-state index >= 15 is 0 Å². The molecular weight excluding hydrogens is 252 g/mol. The fourth-order valence-electron chi connectivity index (χ4n) is 2.12. The first-order chi connectivity index (χ1) is 9.08. The van der Waals surface area contributed by atoms with Gasteiger partial charge < -0.3 is 19.9 Å². The minimum absolute atomic E-state index is 0.0871. The highest BCUT2D eigenvalue weighted by Crippen LogP contribution is 2.18. The molecule has 0 aromatic carbocycles. The largest absolute Gasteiger partial charge is 0.468 e. The monoisotopic (exact) mass is 274 g/mol. The fraction of sp³-hybridized carbons (Fsp3) is 0.833. The van der Waals surface area contributed by atoms with Gasteiger partial charge in [0.1, 0.15) is 6.04 Å².